The van der Waals surface area contributed by atoms with Crippen molar-refractivity contribution in [2.24, 2.45) is 11.5 Å². The molecule has 0 aromatic rings. The summed E-state index contributed by atoms with van der Waals surface area (Å²) in [7, 11) is 6.70. The molecule has 0 radical (unpaired) electrons. The summed E-state index contributed by atoms with van der Waals surface area (Å²) in [6, 6.07) is 0. The Morgan fingerprint density at radius 3 is 1.94 bits per heavy atom. The first kappa shape index (κ1) is 15.9. The summed E-state index contributed by atoms with van der Waals surface area (Å²) in [5, 5.41) is 0. The summed E-state index contributed by atoms with van der Waals surface area (Å²) in [6.45, 7) is 3.39. The van der Waals surface area contributed by atoms with Crippen LogP contribution in [0, 0.1) is 0 Å². The Balaban J connectivity index is 2.49. The van der Waals surface area contributed by atoms with Crippen LogP contribution in [0.4, 0.5) is 0 Å². The third-order valence-electron chi connectivity index (χ3n) is 1.81. The van der Waals surface area contributed by atoms with Crippen molar-refractivity contribution in [3.05, 3.63) is 0 Å². The third-order valence-corrected chi connectivity index (χ3v) is 40.9. The molecule has 16 heavy (non-hydrogen) atoms. The van der Waals surface area contributed by atoms with E-state index in [0.29, 0.717) is 0 Å². The van der Waals surface area contributed by atoms with Crippen molar-refractivity contribution in [1.82, 2.24) is 0 Å². The molecule has 0 aromatic heterocycles. The molecular formula is C8H20GeN2OS4. The van der Waals surface area contributed by atoms with E-state index in [0.717, 1.165) is 49.3 Å². The van der Waals surface area contributed by atoms with Gasteiger partial charge in [0.15, 0.2) is 0 Å². The van der Waals surface area contributed by atoms with Crippen LogP contribution in [0.2, 0.25) is 0 Å². The molecule has 0 aliphatic carbocycles. The van der Waals surface area contributed by atoms with Crippen molar-refractivity contribution in [1.29, 1.82) is 0 Å². The summed E-state index contributed by atoms with van der Waals surface area (Å²) in [5.74, 6) is 4.47. The van der Waals surface area contributed by atoms with Crippen LogP contribution in [0.5, 0.6) is 0 Å². The predicted molar refractivity (Wildman–Crippen MR) is 84.5 cm³/mol. The van der Waals surface area contributed by atoms with Crippen LogP contribution in [-0.2, 0) is 4.74 Å². The van der Waals surface area contributed by atoms with E-state index in [4.69, 9.17) is 16.2 Å². The molecule has 0 aromatic carbocycles. The van der Waals surface area contributed by atoms with Crippen LogP contribution >= 0.6 is 40.3 Å². The fourth-order valence-electron chi connectivity index (χ4n) is 1.17. The fourth-order valence-corrected chi connectivity index (χ4v) is 38.7. The van der Waals surface area contributed by atoms with Gasteiger partial charge in [0.1, 0.15) is 0 Å². The minimum atomic E-state index is -1.93. The summed E-state index contributed by atoms with van der Waals surface area (Å²) >= 11 is 0. The van der Waals surface area contributed by atoms with Gasteiger partial charge < -0.3 is 0 Å². The van der Waals surface area contributed by atoms with Gasteiger partial charge in [0, 0.05) is 0 Å². The second-order valence-electron chi connectivity index (χ2n) is 3.08. The van der Waals surface area contributed by atoms with Gasteiger partial charge in [-0.25, -0.2) is 0 Å². The van der Waals surface area contributed by atoms with Gasteiger partial charge in [-0.2, -0.15) is 0 Å². The first-order valence-electron chi connectivity index (χ1n) is 5.37. The molecular weight excluding hydrogens is 341 g/mol. The zero-order valence-corrected chi connectivity index (χ0v) is 14.7. The number of hydrogen-bond donors (Lipinski definition) is 2. The Bertz CT molecular complexity index is 164. The van der Waals surface area contributed by atoms with Gasteiger partial charge in [0.2, 0.25) is 0 Å². The van der Waals surface area contributed by atoms with Crippen LogP contribution in [0.1, 0.15) is 0 Å². The molecule has 1 rings (SSSR count). The number of rotatable bonds is 6. The summed E-state index contributed by atoms with van der Waals surface area (Å²) in [6.07, 6.45) is 0. The Morgan fingerprint density at radius 2 is 1.50 bits per heavy atom. The van der Waals surface area contributed by atoms with E-state index in [1.165, 1.54) is 0 Å². The maximum atomic E-state index is 5.64. The molecule has 96 valence electrons. The molecule has 8 heteroatoms. The van der Waals surface area contributed by atoms with Gasteiger partial charge in [-0.15, -0.1) is 0 Å². The van der Waals surface area contributed by atoms with Crippen molar-refractivity contribution in [2.45, 2.75) is 0 Å². The summed E-state index contributed by atoms with van der Waals surface area (Å²) in [5.41, 5.74) is 11.3. The van der Waals surface area contributed by atoms with Gasteiger partial charge in [-0.05, 0) is 0 Å². The van der Waals surface area contributed by atoms with E-state index >= 15 is 0 Å². The minimum absolute atomic E-state index is 0.790. The standard InChI is InChI=1S/C8H20GeN2OS4/c10-1-5-13-9(14-6-2-11)15-7-3-12-4-8-16-9/h1-8,10-11H2. The summed E-state index contributed by atoms with van der Waals surface area (Å²) < 4.78 is 5.50. The third kappa shape index (κ3) is 6.13. The van der Waals surface area contributed by atoms with Crippen LogP contribution < -0.4 is 11.5 Å². The van der Waals surface area contributed by atoms with Crippen molar-refractivity contribution >= 4 is 49.0 Å². The monoisotopic (exact) mass is 362 g/mol. The SMILES string of the molecule is NCC[S][Ge]1([S]CCN)[S]CCOCC[S]1. The number of hydrogen-bond acceptors (Lipinski definition) is 7. The van der Waals surface area contributed by atoms with Gasteiger partial charge in [-0.3, -0.25) is 0 Å². The molecule has 0 unspecified atom stereocenters. The van der Waals surface area contributed by atoms with Crippen molar-refractivity contribution in [3.63, 3.8) is 0 Å². The van der Waals surface area contributed by atoms with Crippen LogP contribution in [-0.4, -0.2) is 58.0 Å². The van der Waals surface area contributed by atoms with E-state index in [2.05, 4.69) is 40.3 Å². The number of ether oxygens (including phenoxy) is 1. The quantitative estimate of drug-likeness (QED) is 0.692. The van der Waals surface area contributed by atoms with Crippen molar-refractivity contribution in [3.8, 4) is 0 Å². The topological polar surface area (TPSA) is 61.3 Å². The van der Waals surface area contributed by atoms with Gasteiger partial charge in [0.05, 0.1) is 0 Å². The number of nitrogens with two attached hydrogens (primary N) is 2. The van der Waals surface area contributed by atoms with Gasteiger partial charge in [0.25, 0.3) is 0 Å². The molecule has 0 bridgehead atoms. The average molecular weight is 361 g/mol. The Morgan fingerprint density at radius 1 is 1.00 bits per heavy atom. The van der Waals surface area contributed by atoms with Crippen LogP contribution in [0.3, 0.4) is 0 Å². The van der Waals surface area contributed by atoms with Crippen LogP contribution in [0.25, 0.3) is 0 Å². The Hall–Kier alpha value is 1.82. The molecule has 0 amide bonds. The molecule has 0 atom stereocenters. The fraction of sp³-hybridized carbons (Fsp3) is 1.00. The molecule has 1 saturated heterocycles. The zero-order valence-electron chi connectivity index (χ0n) is 9.35. The van der Waals surface area contributed by atoms with Crippen LogP contribution in [0.15, 0.2) is 0 Å². The van der Waals surface area contributed by atoms with E-state index in [-0.39, 0.29) is 0 Å². The first-order chi connectivity index (χ1) is 7.83. The van der Waals surface area contributed by atoms with E-state index in [1.807, 2.05) is 0 Å². The zero-order chi connectivity index (χ0) is 11.7. The molecule has 1 aliphatic heterocycles. The molecule has 1 heterocycles. The average Bonchev–Trinajstić information content (AvgIpc) is 2.27. The van der Waals surface area contributed by atoms with Crippen molar-refractivity contribution in [2.75, 3.05) is 49.3 Å². The normalized spacial score (nSPS) is 21.4. The van der Waals surface area contributed by atoms with E-state index in [9.17, 15) is 0 Å². The summed E-state index contributed by atoms with van der Waals surface area (Å²) in [4.78, 5) is 0. The molecule has 1 aliphatic rings. The van der Waals surface area contributed by atoms with E-state index < -0.39 is 8.70 Å². The molecule has 1 fully saturated rings. The molecule has 0 spiro atoms. The van der Waals surface area contributed by atoms with E-state index in [1.54, 1.807) is 0 Å². The van der Waals surface area contributed by atoms with Gasteiger partial charge in [-0.1, -0.05) is 0 Å². The second kappa shape index (κ2) is 9.71. The van der Waals surface area contributed by atoms with Gasteiger partial charge >= 0.3 is 115 Å². The second-order valence-corrected chi connectivity index (χ2v) is 36.0. The molecule has 0 saturated carbocycles. The van der Waals surface area contributed by atoms with Crippen molar-refractivity contribution < 1.29 is 4.74 Å². The first-order valence-corrected chi connectivity index (χ1v) is 19.6. The predicted octanol–water partition coefficient (Wildman–Crippen LogP) is 1.30. The molecule has 4 N–H and O–H groups in total. The molecule has 3 nitrogen and oxygen atoms in total. The maximum absolute atomic E-state index is 5.64. The Labute approximate surface area is 114 Å². The Kier molecular flexibility index (Phi) is 9.64.